The van der Waals surface area contributed by atoms with E-state index in [1.165, 1.54) is 5.57 Å². The molecule has 2 aliphatic carbocycles. The van der Waals surface area contributed by atoms with Gasteiger partial charge in [0.25, 0.3) is 0 Å². The quantitative estimate of drug-likeness (QED) is 0.373. The minimum absolute atomic E-state index is 0.158. The number of aliphatic hydroxyl groups excluding tert-OH is 2. The standard InChI is InChI=1S/C22H36O4/c1-2-3-4-8-18(23)11-13-20-19-12-10-16(7-5-6-9-22(25)26)14-17(19)15-21(20)24/h11,13-14,17-21,23-24H,2-10,12,15H2,1H3,(H,25,26)/t17-,18?,19+,20+,21-/m1/s1. The molecule has 0 aromatic heterocycles. The number of rotatable bonds is 11. The van der Waals surface area contributed by atoms with E-state index in [0.29, 0.717) is 11.8 Å². The van der Waals surface area contributed by atoms with Crippen LogP contribution < -0.4 is 0 Å². The molecule has 5 atom stereocenters. The summed E-state index contributed by atoms with van der Waals surface area (Å²) in [6.07, 6.45) is 15.7. The maximum atomic E-state index is 10.6. The molecule has 0 heterocycles. The van der Waals surface area contributed by atoms with Gasteiger partial charge in [-0.2, -0.15) is 0 Å². The first-order valence-corrected chi connectivity index (χ1v) is 10.5. The van der Waals surface area contributed by atoms with E-state index in [1.807, 2.05) is 6.08 Å². The molecule has 1 fully saturated rings. The Morgan fingerprint density at radius 1 is 1.31 bits per heavy atom. The Morgan fingerprint density at radius 2 is 2.12 bits per heavy atom. The summed E-state index contributed by atoms with van der Waals surface area (Å²) >= 11 is 0. The highest BCUT2D eigenvalue weighted by molar-refractivity contribution is 5.66. The highest BCUT2D eigenvalue weighted by Gasteiger charge is 2.41. The number of aliphatic hydroxyl groups is 2. The Hall–Kier alpha value is -1.13. The van der Waals surface area contributed by atoms with Gasteiger partial charge in [0.2, 0.25) is 0 Å². The van der Waals surface area contributed by atoms with Crippen molar-refractivity contribution < 1.29 is 20.1 Å². The fourth-order valence-corrected chi connectivity index (χ4v) is 4.58. The lowest BCUT2D eigenvalue weighted by atomic mass is 9.78. The summed E-state index contributed by atoms with van der Waals surface area (Å²) in [5.74, 6) is 0.353. The van der Waals surface area contributed by atoms with Crippen molar-refractivity contribution in [2.75, 3.05) is 0 Å². The zero-order valence-corrected chi connectivity index (χ0v) is 16.1. The summed E-state index contributed by atoms with van der Waals surface area (Å²) < 4.78 is 0. The van der Waals surface area contributed by atoms with Crippen molar-refractivity contribution in [2.45, 2.75) is 89.8 Å². The third-order valence-corrected chi connectivity index (χ3v) is 6.05. The van der Waals surface area contributed by atoms with Gasteiger partial charge in [-0.15, -0.1) is 0 Å². The van der Waals surface area contributed by atoms with E-state index < -0.39 is 12.1 Å². The molecular weight excluding hydrogens is 328 g/mol. The van der Waals surface area contributed by atoms with Crippen LogP contribution in [0, 0.1) is 17.8 Å². The zero-order valence-electron chi connectivity index (χ0n) is 16.1. The number of allylic oxidation sites excluding steroid dienone is 2. The van der Waals surface area contributed by atoms with Gasteiger partial charge < -0.3 is 15.3 Å². The maximum absolute atomic E-state index is 10.6. The number of carboxylic acid groups (broad SMARTS) is 1. The van der Waals surface area contributed by atoms with E-state index in [4.69, 9.17) is 5.11 Å². The largest absolute Gasteiger partial charge is 0.481 e. The molecular formula is C22H36O4. The van der Waals surface area contributed by atoms with Gasteiger partial charge >= 0.3 is 5.97 Å². The van der Waals surface area contributed by atoms with Gasteiger partial charge in [0.05, 0.1) is 12.2 Å². The predicted octanol–water partition coefficient (Wildman–Crippen LogP) is 4.46. The number of carbonyl (C=O) groups is 1. The van der Waals surface area contributed by atoms with Crippen LogP contribution in [-0.4, -0.2) is 33.5 Å². The number of unbranched alkanes of at least 4 members (excludes halogenated alkanes) is 3. The molecule has 0 bridgehead atoms. The number of hydrogen-bond acceptors (Lipinski definition) is 3. The third kappa shape index (κ3) is 6.55. The lowest BCUT2D eigenvalue weighted by Crippen LogP contribution is -2.21. The Kier molecular flexibility index (Phi) is 8.86. The third-order valence-electron chi connectivity index (χ3n) is 6.05. The molecule has 4 heteroatoms. The van der Waals surface area contributed by atoms with Gasteiger partial charge in [-0.05, 0) is 56.8 Å². The first-order valence-electron chi connectivity index (χ1n) is 10.5. The maximum Gasteiger partial charge on any atom is 0.303 e. The Balaban J connectivity index is 1.82. The molecule has 2 aliphatic rings. The van der Waals surface area contributed by atoms with Crippen molar-refractivity contribution >= 4 is 5.97 Å². The van der Waals surface area contributed by atoms with Crippen molar-refractivity contribution in [1.29, 1.82) is 0 Å². The van der Waals surface area contributed by atoms with E-state index in [2.05, 4.69) is 19.1 Å². The lowest BCUT2D eigenvalue weighted by molar-refractivity contribution is -0.137. The Labute approximate surface area is 158 Å². The highest BCUT2D eigenvalue weighted by Crippen LogP contribution is 2.46. The van der Waals surface area contributed by atoms with E-state index in [9.17, 15) is 15.0 Å². The van der Waals surface area contributed by atoms with Crippen molar-refractivity contribution in [1.82, 2.24) is 0 Å². The lowest BCUT2D eigenvalue weighted by Gasteiger charge is -2.27. The molecule has 0 amide bonds. The first-order chi connectivity index (χ1) is 12.5. The van der Waals surface area contributed by atoms with Crippen molar-refractivity contribution in [3.05, 3.63) is 23.8 Å². The van der Waals surface area contributed by atoms with E-state index in [-0.39, 0.29) is 18.4 Å². The number of fused-ring (bicyclic) bond motifs is 1. The van der Waals surface area contributed by atoms with Crippen LogP contribution in [0.25, 0.3) is 0 Å². The van der Waals surface area contributed by atoms with Gasteiger partial charge in [0.15, 0.2) is 0 Å². The van der Waals surface area contributed by atoms with Crippen LogP contribution in [0.3, 0.4) is 0 Å². The van der Waals surface area contributed by atoms with Crippen LogP contribution in [0.5, 0.6) is 0 Å². The topological polar surface area (TPSA) is 77.8 Å². The second kappa shape index (κ2) is 10.9. The highest BCUT2D eigenvalue weighted by atomic mass is 16.4. The minimum Gasteiger partial charge on any atom is -0.481 e. The molecule has 3 N–H and O–H groups in total. The van der Waals surface area contributed by atoms with Gasteiger partial charge in [-0.3, -0.25) is 4.79 Å². The van der Waals surface area contributed by atoms with Gasteiger partial charge in [-0.1, -0.05) is 50.0 Å². The predicted molar refractivity (Wildman–Crippen MR) is 104 cm³/mol. The summed E-state index contributed by atoms with van der Waals surface area (Å²) in [5.41, 5.74) is 1.44. The fraction of sp³-hybridized carbons (Fsp3) is 0.773. The van der Waals surface area contributed by atoms with Crippen molar-refractivity contribution in [3.8, 4) is 0 Å². The SMILES string of the molecule is CCCCCC(O)C=C[C@H]1[C@H]2CCC(CCCCC(=O)O)=C[C@@H]2C[C@H]1O. The van der Waals surface area contributed by atoms with Crippen LogP contribution in [0.4, 0.5) is 0 Å². The first kappa shape index (κ1) is 21.2. The van der Waals surface area contributed by atoms with Crippen LogP contribution >= 0.6 is 0 Å². The molecule has 0 saturated heterocycles. The minimum atomic E-state index is -0.715. The normalized spacial score (nSPS) is 29.6. The summed E-state index contributed by atoms with van der Waals surface area (Å²) in [5, 5.41) is 29.3. The molecule has 0 aromatic rings. The average molecular weight is 365 g/mol. The fourth-order valence-electron chi connectivity index (χ4n) is 4.58. The summed E-state index contributed by atoms with van der Waals surface area (Å²) in [6.45, 7) is 2.16. The zero-order chi connectivity index (χ0) is 18.9. The van der Waals surface area contributed by atoms with Crippen molar-refractivity contribution in [2.24, 2.45) is 17.8 Å². The van der Waals surface area contributed by atoms with Crippen molar-refractivity contribution in [3.63, 3.8) is 0 Å². The van der Waals surface area contributed by atoms with Gasteiger partial charge in [0, 0.05) is 12.3 Å². The summed E-state index contributed by atoms with van der Waals surface area (Å²) in [6, 6.07) is 0. The van der Waals surface area contributed by atoms with Crippen LogP contribution in [-0.2, 0) is 4.79 Å². The number of hydrogen-bond donors (Lipinski definition) is 3. The number of carboxylic acids is 1. The number of aliphatic carboxylic acids is 1. The Bertz CT molecular complexity index is 496. The average Bonchev–Trinajstić information content (AvgIpc) is 2.91. The monoisotopic (exact) mass is 364 g/mol. The molecule has 1 unspecified atom stereocenters. The van der Waals surface area contributed by atoms with E-state index in [0.717, 1.165) is 64.2 Å². The van der Waals surface area contributed by atoms with E-state index in [1.54, 1.807) is 0 Å². The van der Waals surface area contributed by atoms with Gasteiger partial charge in [0.1, 0.15) is 0 Å². The second-order valence-corrected chi connectivity index (χ2v) is 8.12. The van der Waals surface area contributed by atoms with E-state index >= 15 is 0 Å². The van der Waals surface area contributed by atoms with Crippen LogP contribution in [0.1, 0.15) is 77.6 Å². The summed E-state index contributed by atoms with van der Waals surface area (Å²) in [7, 11) is 0. The van der Waals surface area contributed by atoms with Crippen LogP contribution in [0.15, 0.2) is 23.8 Å². The smallest absolute Gasteiger partial charge is 0.303 e. The molecule has 0 radical (unpaired) electrons. The molecule has 0 aliphatic heterocycles. The molecule has 2 rings (SSSR count). The van der Waals surface area contributed by atoms with Gasteiger partial charge in [-0.25, -0.2) is 0 Å². The second-order valence-electron chi connectivity index (χ2n) is 8.12. The molecule has 0 aromatic carbocycles. The molecule has 0 spiro atoms. The molecule has 26 heavy (non-hydrogen) atoms. The summed E-state index contributed by atoms with van der Waals surface area (Å²) in [4.78, 5) is 10.6. The molecule has 1 saturated carbocycles. The molecule has 148 valence electrons. The Morgan fingerprint density at radius 3 is 2.85 bits per heavy atom. The molecule has 4 nitrogen and oxygen atoms in total. The van der Waals surface area contributed by atoms with Crippen LogP contribution in [0.2, 0.25) is 0 Å².